The van der Waals surface area contributed by atoms with Gasteiger partial charge in [0, 0.05) is 6.61 Å². The van der Waals surface area contributed by atoms with Gasteiger partial charge < -0.3 is 19.9 Å². The average Bonchev–Trinajstić information content (AvgIpc) is 2.21. The van der Waals surface area contributed by atoms with Gasteiger partial charge in [0.2, 0.25) is 0 Å². The molecule has 0 saturated carbocycles. The van der Waals surface area contributed by atoms with Crippen LogP contribution in [0.1, 0.15) is 40.5 Å². The molecule has 0 fully saturated rings. The summed E-state index contributed by atoms with van der Waals surface area (Å²) in [4.78, 5) is 22.8. The first-order valence-corrected chi connectivity index (χ1v) is 6.03. The van der Waals surface area contributed by atoms with E-state index in [2.05, 4.69) is 5.32 Å². The lowest BCUT2D eigenvalue weighted by atomic mass is 10.2. The number of aliphatic hydroxyl groups excluding tert-OH is 1. The molecule has 0 spiro atoms. The molecule has 0 aliphatic rings. The zero-order valence-electron chi connectivity index (χ0n) is 11.5. The Morgan fingerprint density at radius 1 is 1.28 bits per heavy atom. The minimum absolute atomic E-state index is 0.0727. The smallest absolute Gasteiger partial charge is 0.408 e. The van der Waals surface area contributed by atoms with E-state index in [0.717, 1.165) is 0 Å². The van der Waals surface area contributed by atoms with Crippen molar-refractivity contribution in [1.29, 1.82) is 0 Å². The zero-order valence-corrected chi connectivity index (χ0v) is 11.5. The third kappa shape index (κ3) is 8.81. The van der Waals surface area contributed by atoms with Crippen molar-refractivity contribution in [3.05, 3.63) is 0 Å². The number of rotatable bonds is 6. The maximum atomic E-state index is 11.5. The molecule has 0 aromatic carbocycles. The minimum Gasteiger partial charge on any atom is -0.464 e. The Kier molecular flexibility index (Phi) is 7.35. The summed E-state index contributed by atoms with van der Waals surface area (Å²) in [6.07, 6.45) is 0.532. The molecule has 18 heavy (non-hydrogen) atoms. The van der Waals surface area contributed by atoms with Crippen LogP contribution in [0.4, 0.5) is 4.79 Å². The molecule has 0 aromatic rings. The quantitative estimate of drug-likeness (QED) is 0.554. The first kappa shape index (κ1) is 16.7. The highest BCUT2D eigenvalue weighted by molar-refractivity contribution is 5.80. The summed E-state index contributed by atoms with van der Waals surface area (Å²) in [5, 5.41) is 10.9. The Bertz CT molecular complexity index is 272. The van der Waals surface area contributed by atoms with E-state index in [1.165, 1.54) is 6.92 Å². The van der Waals surface area contributed by atoms with Gasteiger partial charge in [-0.15, -0.1) is 0 Å². The second-order valence-electron chi connectivity index (χ2n) is 4.97. The van der Waals surface area contributed by atoms with Gasteiger partial charge in [-0.2, -0.15) is 0 Å². The molecule has 1 unspecified atom stereocenters. The summed E-state index contributed by atoms with van der Waals surface area (Å²) in [7, 11) is 0. The van der Waals surface area contributed by atoms with Gasteiger partial charge in [0.15, 0.2) is 0 Å². The maximum Gasteiger partial charge on any atom is 0.408 e. The summed E-state index contributed by atoms with van der Waals surface area (Å²) in [5.41, 5.74) is -0.602. The molecule has 0 aliphatic carbocycles. The van der Waals surface area contributed by atoms with E-state index < -0.39 is 23.7 Å². The van der Waals surface area contributed by atoms with Crippen molar-refractivity contribution in [3.8, 4) is 0 Å². The molecule has 1 amide bonds. The number of unbranched alkanes of at least 4 members (excludes halogenated alkanes) is 1. The molecule has 0 aliphatic heterocycles. The largest absolute Gasteiger partial charge is 0.464 e. The van der Waals surface area contributed by atoms with Crippen molar-refractivity contribution in [2.75, 3.05) is 13.2 Å². The highest BCUT2D eigenvalue weighted by Gasteiger charge is 2.21. The minimum atomic E-state index is -0.756. The van der Waals surface area contributed by atoms with Gasteiger partial charge in [-0.25, -0.2) is 9.59 Å². The van der Waals surface area contributed by atoms with E-state index in [1.807, 2.05) is 0 Å². The summed E-state index contributed by atoms with van der Waals surface area (Å²) >= 11 is 0. The molecule has 0 radical (unpaired) electrons. The Morgan fingerprint density at radius 2 is 1.89 bits per heavy atom. The zero-order chi connectivity index (χ0) is 14.2. The number of ether oxygens (including phenoxy) is 2. The number of amides is 1. The van der Waals surface area contributed by atoms with Gasteiger partial charge in [0.25, 0.3) is 0 Å². The van der Waals surface area contributed by atoms with E-state index >= 15 is 0 Å². The van der Waals surface area contributed by atoms with Crippen molar-refractivity contribution >= 4 is 12.1 Å². The number of aliphatic hydroxyl groups is 1. The molecule has 0 bridgehead atoms. The predicted octanol–water partition coefficient (Wildman–Crippen LogP) is 1.22. The van der Waals surface area contributed by atoms with Crippen LogP contribution in [0.5, 0.6) is 0 Å². The van der Waals surface area contributed by atoms with Crippen molar-refractivity contribution in [2.45, 2.75) is 52.2 Å². The number of carbonyl (C=O) groups is 2. The molecule has 0 heterocycles. The Labute approximate surface area is 108 Å². The number of alkyl carbamates (subject to hydrolysis) is 1. The van der Waals surface area contributed by atoms with Gasteiger partial charge in [-0.1, -0.05) is 0 Å². The van der Waals surface area contributed by atoms with Gasteiger partial charge in [0.1, 0.15) is 11.6 Å². The predicted molar refractivity (Wildman–Crippen MR) is 66.1 cm³/mol. The monoisotopic (exact) mass is 261 g/mol. The van der Waals surface area contributed by atoms with Crippen LogP contribution >= 0.6 is 0 Å². The lowest BCUT2D eigenvalue weighted by molar-refractivity contribution is -0.145. The standard InChI is InChI=1S/C12H23NO5/c1-9(10(15)17-8-6-5-7-14)13-11(16)18-12(2,3)4/h9,14H,5-8H2,1-4H3,(H,13,16). The number of carbonyl (C=O) groups excluding carboxylic acids is 2. The molecule has 0 rings (SSSR count). The first-order chi connectivity index (χ1) is 8.26. The second-order valence-corrected chi connectivity index (χ2v) is 4.97. The normalized spacial score (nSPS) is 12.7. The molecule has 106 valence electrons. The van der Waals surface area contributed by atoms with E-state index in [0.29, 0.717) is 12.8 Å². The van der Waals surface area contributed by atoms with Crippen molar-refractivity contribution in [2.24, 2.45) is 0 Å². The average molecular weight is 261 g/mol. The SMILES string of the molecule is CC(NC(=O)OC(C)(C)C)C(=O)OCCCCO. The summed E-state index contributed by atoms with van der Waals surface area (Å²) < 4.78 is 9.93. The van der Waals surface area contributed by atoms with Crippen molar-refractivity contribution in [1.82, 2.24) is 5.32 Å². The fraction of sp³-hybridized carbons (Fsp3) is 0.833. The van der Waals surface area contributed by atoms with Gasteiger partial charge in [0.05, 0.1) is 6.61 Å². The Hall–Kier alpha value is -1.30. The maximum absolute atomic E-state index is 11.5. The van der Waals surface area contributed by atoms with Gasteiger partial charge in [-0.05, 0) is 40.5 Å². The first-order valence-electron chi connectivity index (χ1n) is 6.03. The topological polar surface area (TPSA) is 84.9 Å². The van der Waals surface area contributed by atoms with Crippen LogP contribution in [0.2, 0.25) is 0 Å². The molecular weight excluding hydrogens is 238 g/mol. The molecule has 6 heteroatoms. The van der Waals surface area contributed by atoms with Gasteiger partial charge >= 0.3 is 12.1 Å². The lowest BCUT2D eigenvalue weighted by Gasteiger charge is -2.21. The van der Waals surface area contributed by atoms with Crippen LogP contribution in [-0.4, -0.2) is 42.0 Å². The number of nitrogens with one attached hydrogen (secondary N) is 1. The van der Waals surface area contributed by atoms with Crippen LogP contribution in [-0.2, 0) is 14.3 Å². The molecular formula is C12H23NO5. The molecule has 0 saturated heterocycles. The fourth-order valence-electron chi connectivity index (χ4n) is 1.05. The van der Waals surface area contributed by atoms with Crippen LogP contribution in [0.15, 0.2) is 0 Å². The van der Waals surface area contributed by atoms with Crippen LogP contribution in [0.25, 0.3) is 0 Å². The van der Waals surface area contributed by atoms with E-state index in [-0.39, 0.29) is 13.2 Å². The molecule has 1 atom stereocenters. The van der Waals surface area contributed by atoms with Crippen molar-refractivity contribution in [3.63, 3.8) is 0 Å². The summed E-state index contributed by atoms with van der Waals surface area (Å²) in [5.74, 6) is -0.515. The number of hydrogen-bond acceptors (Lipinski definition) is 5. The highest BCUT2D eigenvalue weighted by atomic mass is 16.6. The summed E-state index contributed by atoms with van der Waals surface area (Å²) in [6.45, 7) is 7.06. The van der Waals surface area contributed by atoms with E-state index in [1.54, 1.807) is 20.8 Å². The summed E-state index contributed by atoms with van der Waals surface area (Å²) in [6, 6.07) is -0.756. The van der Waals surface area contributed by atoms with Crippen LogP contribution < -0.4 is 5.32 Å². The Balaban J connectivity index is 3.90. The van der Waals surface area contributed by atoms with E-state index in [4.69, 9.17) is 14.6 Å². The number of esters is 1. The molecule has 2 N–H and O–H groups in total. The van der Waals surface area contributed by atoms with Gasteiger partial charge in [-0.3, -0.25) is 0 Å². The highest BCUT2D eigenvalue weighted by Crippen LogP contribution is 2.06. The van der Waals surface area contributed by atoms with E-state index in [9.17, 15) is 9.59 Å². The van der Waals surface area contributed by atoms with Crippen LogP contribution in [0.3, 0.4) is 0 Å². The fourth-order valence-corrected chi connectivity index (χ4v) is 1.05. The molecule has 0 aromatic heterocycles. The number of hydrogen-bond donors (Lipinski definition) is 2. The van der Waals surface area contributed by atoms with Crippen LogP contribution in [0, 0.1) is 0 Å². The third-order valence-corrected chi connectivity index (χ3v) is 1.88. The lowest BCUT2D eigenvalue weighted by Crippen LogP contribution is -2.42. The van der Waals surface area contributed by atoms with Crippen molar-refractivity contribution < 1.29 is 24.2 Å². The molecule has 6 nitrogen and oxygen atoms in total. The Morgan fingerprint density at radius 3 is 2.39 bits per heavy atom. The second kappa shape index (κ2) is 7.92. The third-order valence-electron chi connectivity index (χ3n) is 1.88.